The minimum Gasteiger partial charge on any atom is -0.345 e. The number of nitrogens with one attached hydrogen (secondary N) is 1. The molecule has 2 aromatic heterocycles. The van der Waals surface area contributed by atoms with E-state index in [2.05, 4.69) is 26.2 Å². The Bertz CT molecular complexity index is 547. The lowest BCUT2D eigenvalue weighted by atomic mass is 10.4. The van der Waals surface area contributed by atoms with Gasteiger partial charge in [-0.2, -0.15) is 0 Å². The molecule has 1 N–H and O–H groups in total. The second kappa shape index (κ2) is 5.01. The van der Waals surface area contributed by atoms with Crippen LogP contribution in [0.5, 0.6) is 0 Å². The van der Waals surface area contributed by atoms with Crippen molar-refractivity contribution in [2.24, 2.45) is 7.05 Å². The van der Waals surface area contributed by atoms with Crippen molar-refractivity contribution in [2.75, 3.05) is 0 Å². The summed E-state index contributed by atoms with van der Waals surface area (Å²) in [5.41, 5.74) is 1.53. The lowest BCUT2D eigenvalue weighted by Gasteiger charge is -2.03. The Balaban J connectivity index is 2.00. The molecule has 90 valence electrons. The number of hydrogen-bond acceptors (Lipinski definition) is 3. The van der Waals surface area contributed by atoms with Gasteiger partial charge in [-0.25, -0.2) is 4.98 Å². The monoisotopic (exact) mass is 313 g/mol. The quantitative estimate of drug-likeness (QED) is 0.946. The van der Waals surface area contributed by atoms with Crippen LogP contribution in [0.1, 0.15) is 21.2 Å². The third-order valence-corrected chi connectivity index (χ3v) is 3.56. The van der Waals surface area contributed by atoms with Crippen LogP contribution in [0.25, 0.3) is 0 Å². The zero-order valence-corrected chi connectivity index (χ0v) is 11.9. The summed E-state index contributed by atoms with van der Waals surface area (Å²) in [4.78, 5) is 16.2. The van der Waals surface area contributed by atoms with E-state index in [0.717, 1.165) is 15.2 Å². The third-order valence-electron chi connectivity index (χ3n) is 2.30. The topological polar surface area (TPSA) is 46.9 Å². The van der Waals surface area contributed by atoms with Crippen LogP contribution < -0.4 is 5.32 Å². The number of hydrogen-bond donors (Lipinski definition) is 1. The number of carbonyl (C=O) groups is 1. The minimum atomic E-state index is -0.0937. The van der Waals surface area contributed by atoms with Gasteiger partial charge in [-0.3, -0.25) is 4.79 Å². The average molecular weight is 314 g/mol. The van der Waals surface area contributed by atoms with E-state index in [1.807, 2.05) is 25.5 Å². The number of thiazole rings is 1. The Labute approximate surface area is 112 Å². The van der Waals surface area contributed by atoms with Crippen LogP contribution in [0.2, 0.25) is 0 Å². The van der Waals surface area contributed by atoms with Gasteiger partial charge in [0.15, 0.2) is 0 Å². The van der Waals surface area contributed by atoms with Crippen molar-refractivity contribution in [3.8, 4) is 0 Å². The Morgan fingerprint density at radius 3 is 2.94 bits per heavy atom. The second-order valence-corrected chi connectivity index (χ2v) is 5.67. The van der Waals surface area contributed by atoms with Gasteiger partial charge in [0.1, 0.15) is 5.69 Å². The van der Waals surface area contributed by atoms with Gasteiger partial charge in [-0.1, -0.05) is 0 Å². The number of halogens is 1. The van der Waals surface area contributed by atoms with Crippen LogP contribution in [-0.4, -0.2) is 15.5 Å². The number of carbonyl (C=O) groups excluding carboxylic acids is 1. The minimum absolute atomic E-state index is 0.0937. The summed E-state index contributed by atoms with van der Waals surface area (Å²) in [6, 6.07) is 1.79. The Kier molecular flexibility index (Phi) is 3.63. The zero-order valence-electron chi connectivity index (χ0n) is 9.53. The van der Waals surface area contributed by atoms with Crippen LogP contribution in [0.4, 0.5) is 0 Å². The van der Waals surface area contributed by atoms with E-state index in [1.54, 1.807) is 22.0 Å². The molecular formula is C11H12BrN3OS. The lowest BCUT2D eigenvalue weighted by molar-refractivity contribution is 0.0942. The van der Waals surface area contributed by atoms with E-state index in [-0.39, 0.29) is 5.91 Å². The molecule has 4 nitrogen and oxygen atoms in total. The lowest BCUT2D eigenvalue weighted by Crippen LogP contribution is -2.24. The molecular weight excluding hydrogens is 302 g/mol. The van der Waals surface area contributed by atoms with Crippen LogP contribution in [0.15, 0.2) is 22.1 Å². The maximum absolute atomic E-state index is 11.9. The number of aromatic nitrogens is 2. The van der Waals surface area contributed by atoms with E-state index in [9.17, 15) is 4.79 Å². The van der Waals surface area contributed by atoms with Gasteiger partial charge in [0.25, 0.3) is 5.91 Å². The van der Waals surface area contributed by atoms with E-state index in [0.29, 0.717) is 12.2 Å². The summed E-state index contributed by atoms with van der Waals surface area (Å²) in [6.07, 6.45) is 1.85. The summed E-state index contributed by atoms with van der Waals surface area (Å²) < 4.78 is 2.68. The molecule has 2 rings (SSSR count). The molecule has 0 saturated carbocycles. The highest BCUT2D eigenvalue weighted by molar-refractivity contribution is 9.10. The molecule has 6 heteroatoms. The van der Waals surface area contributed by atoms with Crippen molar-refractivity contribution >= 4 is 33.2 Å². The highest BCUT2D eigenvalue weighted by Gasteiger charge is 2.10. The third kappa shape index (κ3) is 2.95. The molecule has 0 aliphatic carbocycles. The summed E-state index contributed by atoms with van der Waals surface area (Å²) in [5.74, 6) is -0.0937. The molecule has 0 atom stereocenters. The predicted molar refractivity (Wildman–Crippen MR) is 71.1 cm³/mol. The molecule has 17 heavy (non-hydrogen) atoms. The summed E-state index contributed by atoms with van der Waals surface area (Å²) in [6.45, 7) is 2.41. The summed E-state index contributed by atoms with van der Waals surface area (Å²) in [7, 11) is 1.84. The van der Waals surface area contributed by atoms with Crippen molar-refractivity contribution in [3.63, 3.8) is 0 Å². The predicted octanol–water partition coefficient (Wildman–Crippen LogP) is 2.48. The van der Waals surface area contributed by atoms with Crippen LogP contribution in [0.3, 0.4) is 0 Å². The fraction of sp³-hybridized carbons (Fsp3) is 0.273. The SMILES string of the molecule is Cc1nc(CNC(=O)c2cc(Br)cn2C)cs1. The number of amides is 1. The number of aryl methyl sites for hydroxylation is 2. The Hall–Kier alpha value is -1.14. The van der Waals surface area contributed by atoms with Gasteiger partial charge in [-0.15, -0.1) is 11.3 Å². The Morgan fingerprint density at radius 2 is 2.41 bits per heavy atom. The molecule has 1 amide bonds. The van der Waals surface area contributed by atoms with Gasteiger partial charge in [0.2, 0.25) is 0 Å². The van der Waals surface area contributed by atoms with Gasteiger partial charge in [0, 0.05) is 23.1 Å². The highest BCUT2D eigenvalue weighted by atomic mass is 79.9. The largest absolute Gasteiger partial charge is 0.345 e. The van der Waals surface area contributed by atoms with Crippen molar-refractivity contribution in [1.29, 1.82) is 0 Å². The van der Waals surface area contributed by atoms with Crippen molar-refractivity contribution in [3.05, 3.63) is 38.5 Å². The van der Waals surface area contributed by atoms with Gasteiger partial charge in [-0.05, 0) is 28.9 Å². The van der Waals surface area contributed by atoms with E-state index in [1.165, 1.54) is 0 Å². The summed E-state index contributed by atoms with van der Waals surface area (Å²) >= 11 is 4.92. The van der Waals surface area contributed by atoms with Crippen molar-refractivity contribution in [1.82, 2.24) is 14.9 Å². The molecule has 2 aromatic rings. The molecule has 0 bridgehead atoms. The standard InChI is InChI=1S/C11H12BrN3OS/c1-7-14-9(6-17-7)4-13-11(16)10-3-8(12)5-15(10)2/h3,5-6H,4H2,1-2H3,(H,13,16). The first-order chi connectivity index (χ1) is 8.06. The van der Waals surface area contributed by atoms with E-state index in [4.69, 9.17) is 0 Å². The van der Waals surface area contributed by atoms with Crippen LogP contribution >= 0.6 is 27.3 Å². The molecule has 0 radical (unpaired) electrons. The molecule has 0 unspecified atom stereocenters. The van der Waals surface area contributed by atoms with E-state index >= 15 is 0 Å². The van der Waals surface area contributed by atoms with E-state index < -0.39 is 0 Å². The molecule has 0 aliphatic heterocycles. The molecule has 0 aromatic carbocycles. The molecule has 2 heterocycles. The maximum atomic E-state index is 11.9. The zero-order chi connectivity index (χ0) is 12.4. The number of nitrogens with zero attached hydrogens (tertiary/aromatic N) is 2. The fourth-order valence-corrected chi connectivity index (χ4v) is 2.64. The molecule has 0 saturated heterocycles. The second-order valence-electron chi connectivity index (χ2n) is 3.70. The Morgan fingerprint density at radius 1 is 1.65 bits per heavy atom. The smallest absolute Gasteiger partial charge is 0.268 e. The van der Waals surface area contributed by atoms with Crippen LogP contribution in [0, 0.1) is 6.92 Å². The molecule has 0 fully saturated rings. The maximum Gasteiger partial charge on any atom is 0.268 e. The molecule has 0 aliphatic rings. The van der Waals surface area contributed by atoms with Crippen molar-refractivity contribution < 1.29 is 4.79 Å². The van der Waals surface area contributed by atoms with Gasteiger partial charge >= 0.3 is 0 Å². The van der Waals surface area contributed by atoms with Crippen molar-refractivity contribution in [2.45, 2.75) is 13.5 Å². The van der Waals surface area contributed by atoms with Crippen LogP contribution in [-0.2, 0) is 13.6 Å². The first-order valence-corrected chi connectivity index (χ1v) is 6.74. The average Bonchev–Trinajstić information content (AvgIpc) is 2.81. The van der Waals surface area contributed by atoms with Gasteiger partial charge < -0.3 is 9.88 Å². The van der Waals surface area contributed by atoms with Gasteiger partial charge in [0.05, 0.1) is 17.2 Å². The summed E-state index contributed by atoms with van der Waals surface area (Å²) in [5, 5.41) is 5.81. The first-order valence-electron chi connectivity index (χ1n) is 5.07. The fourth-order valence-electron chi connectivity index (χ4n) is 1.50. The normalized spacial score (nSPS) is 10.5. The number of rotatable bonds is 3. The first kappa shape index (κ1) is 12.3. The molecule has 0 spiro atoms. The highest BCUT2D eigenvalue weighted by Crippen LogP contribution is 2.14.